The van der Waals surface area contributed by atoms with Crippen LogP contribution >= 0.6 is 0 Å². The summed E-state index contributed by atoms with van der Waals surface area (Å²) >= 11 is 0. The molecule has 0 bridgehead atoms. The number of rotatable bonds is 3. The van der Waals surface area contributed by atoms with Crippen LogP contribution in [-0.2, 0) is 16.1 Å². The summed E-state index contributed by atoms with van der Waals surface area (Å²) in [6.45, 7) is 1.28. The van der Waals surface area contributed by atoms with Crippen LogP contribution < -0.4 is 15.6 Å². The first-order valence-electron chi connectivity index (χ1n) is 4.58. The summed E-state index contributed by atoms with van der Waals surface area (Å²) in [7, 11) is 0. The lowest BCUT2D eigenvalue weighted by Gasteiger charge is -1.98. The second kappa shape index (κ2) is 5.01. The van der Waals surface area contributed by atoms with Crippen molar-refractivity contribution in [2.75, 3.05) is 0 Å². The molecule has 0 aliphatic rings. The van der Waals surface area contributed by atoms with Gasteiger partial charge < -0.3 is 5.73 Å². The maximum atomic E-state index is 11.2. The Bertz CT molecular complexity index is 425. The van der Waals surface area contributed by atoms with Gasteiger partial charge in [-0.2, -0.15) is 4.57 Å². The van der Waals surface area contributed by atoms with Crippen LogP contribution in [0.5, 0.6) is 0 Å². The topological polar surface area (TPSA) is 93.1 Å². The molecule has 0 unspecified atom stereocenters. The average molecular weight is 222 g/mol. The summed E-state index contributed by atoms with van der Waals surface area (Å²) in [5, 5.41) is 2.14. The Morgan fingerprint density at radius 1 is 1.31 bits per heavy atom. The minimum atomic E-state index is -0.527. The lowest BCUT2D eigenvalue weighted by molar-refractivity contribution is -0.684. The van der Waals surface area contributed by atoms with E-state index in [-0.39, 0.29) is 6.54 Å². The summed E-state index contributed by atoms with van der Waals surface area (Å²) in [6, 6.07) is 3.01. The van der Waals surface area contributed by atoms with Crippen LogP contribution in [0.4, 0.5) is 0 Å². The van der Waals surface area contributed by atoms with E-state index in [0.29, 0.717) is 5.56 Å². The number of primary amides is 1. The predicted octanol–water partition coefficient (Wildman–Crippen LogP) is -1.26. The second-order valence-corrected chi connectivity index (χ2v) is 3.23. The normalized spacial score (nSPS) is 9.56. The number of hydrogen-bond donors (Lipinski definition) is 2. The molecule has 6 nitrogen and oxygen atoms in total. The van der Waals surface area contributed by atoms with Gasteiger partial charge in [-0.05, 0) is 0 Å². The van der Waals surface area contributed by atoms with Crippen LogP contribution in [0, 0.1) is 0 Å². The van der Waals surface area contributed by atoms with Gasteiger partial charge in [-0.3, -0.25) is 19.7 Å². The zero-order chi connectivity index (χ0) is 12.1. The molecule has 0 aliphatic carbocycles. The van der Waals surface area contributed by atoms with E-state index in [1.165, 1.54) is 23.6 Å². The van der Waals surface area contributed by atoms with Gasteiger partial charge >= 0.3 is 0 Å². The van der Waals surface area contributed by atoms with E-state index in [9.17, 15) is 14.4 Å². The van der Waals surface area contributed by atoms with Gasteiger partial charge in [-0.25, -0.2) is 0 Å². The maximum absolute atomic E-state index is 11.2. The average Bonchev–Trinajstić information content (AvgIpc) is 2.16. The van der Waals surface area contributed by atoms with E-state index in [2.05, 4.69) is 5.32 Å². The van der Waals surface area contributed by atoms with Crippen LogP contribution in [-0.4, -0.2) is 17.7 Å². The molecular formula is C10H12N3O3+. The van der Waals surface area contributed by atoms with Crippen molar-refractivity contribution < 1.29 is 19.0 Å². The van der Waals surface area contributed by atoms with Crippen LogP contribution in [0.25, 0.3) is 0 Å². The van der Waals surface area contributed by atoms with Crippen molar-refractivity contribution in [1.29, 1.82) is 0 Å². The SMILES string of the molecule is CC(=O)NC(=O)C[n+]1ccc(C(N)=O)cc1. The van der Waals surface area contributed by atoms with Gasteiger partial charge in [0.2, 0.25) is 18.4 Å². The Morgan fingerprint density at radius 2 is 1.88 bits per heavy atom. The molecular weight excluding hydrogens is 210 g/mol. The van der Waals surface area contributed by atoms with Crippen molar-refractivity contribution in [3.8, 4) is 0 Å². The first kappa shape index (κ1) is 11.8. The summed E-state index contributed by atoms with van der Waals surface area (Å²) in [6.07, 6.45) is 3.08. The number of aromatic nitrogens is 1. The molecule has 16 heavy (non-hydrogen) atoms. The quantitative estimate of drug-likeness (QED) is 0.625. The van der Waals surface area contributed by atoms with Gasteiger partial charge in [0, 0.05) is 19.1 Å². The van der Waals surface area contributed by atoms with Gasteiger partial charge in [0.25, 0.3) is 5.91 Å². The number of carbonyl (C=O) groups is 3. The van der Waals surface area contributed by atoms with Gasteiger partial charge in [-0.15, -0.1) is 0 Å². The Labute approximate surface area is 92.1 Å². The highest BCUT2D eigenvalue weighted by atomic mass is 16.2. The lowest BCUT2D eigenvalue weighted by atomic mass is 10.2. The Hall–Kier alpha value is -2.24. The lowest BCUT2D eigenvalue weighted by Crippen LogP contribution is -2.43. The van der Waals surface area contributed by atoms with Gasteiger partial charge in [0.15, 0.2) is 12.4 Å². The number of nitrogens with two attached hydrogens (primary N) is 1. The fourth-order valence-electron chi connectivity index (χ4n) is 1.13. The second-order valence-electron chi connectivity index (χ2n) is 3.23. The van der Waals surface area contributed by atoms with E-state index in [1.54, 1.807) is 12.4 Å². The van der Waals surface area contributed by atoms with E-state index in [4.69, 9.17) is 5.73 Å². The molecule has 1 aromatic heterocycles. The third-order valence-electron chi connectivity index (χ3n) is 1.82. The molecule has 1 rings (SSSR count). The maximum Gasteiger partial charge on any atom is 0.292 e. The van der Waals surface area contributed by atoms with Crippen molar-refractivity contribution in [2.45, 2.75) is 13.5 Å². The summed E-state index contributed by atoms with van der Waals surface area (Å²) in [5.41, 5.74) is 5.42. The Balaban J connectivity index is 2.65. The van der Waals surface area contributed by atoms with Crippen molar-refractivity contribution >= 4 is 17.7 Å². The fraction of sp³-hybridized carbons (Fsp3) is 0.200. The summed E-state index contributed by atoms with van der Waals surface area (Å²) in [5.74, 6) is -1.34. The van der Waals surface area contributed by atoms with Crippen molar-refractivity contribution in [1.82, 2.24) is 5.32 Å². The number of nitrogens with zero attached hydrogens (tertiary/aromatic N) is 1. The highest BCUT2D eigenvalue weighted by Crippen LogP contribution is 1.92. The van der Waals surface area contributed by atoms with Crippen molar-refractivity contribution in [3.05, 3.63) is 30.1 Å². The molecule has 1 aromatic rings. The monoisotopic (exact) mass is 222 g/mol. The molecule has 0 spiro atoms. The minimum Gasteiger partial charge on any atom is -0.366 e. The number of imide groups is 1. The van der Waals surface area contributed by atoms with E-state index in [0.717, 1.165) is 0 Å². The Morgan fingerprint density at radius 3 is 2.31 bits per heavy atom. The predicted molar refractivity (Wildman–Crippen MR) is 54.0 cm³/mol. The summed E-state index contributed by atoms with van der Waals surface area (Å²) in [4.78, 5) is 32.6. The number of nitrogens with one attached hydrogen (secondary N) is 1. The van der Waals surface area contributed by atoms with E-state index in [1.807, 2.05) is 0 Å². The largest absolute Gasteiger partial charge is 0.366 e. The highest BCUT2D eigenvalue weighted by molar-refractivity contribution is 5.93. The number of hydrogen-bond acceptors (Lipinski definition) is 3. The molecule has 0 saturated heterocycles. The van der Waals surface area contributed by atoms with Gasteiger partial charge in [-0.1, -0.05) is 0 Å². The number of amides is 3. The van der Waals surface area contributed by atoms with Gasteiger partial charge in [0.05, 0.1) is 5.56 Å². The summed E-state index contributed by atoms with van der Waals surface area (Å²) < 4.78 is 1.53. The van der Waals surface area contributed by atoms with Crippen molar-refractivity contribution in [2.24, 2.45) is 5.73 Å². The van der Waals surface area contributed by atoms with Crippen LogP contribution in [0.15, 0.2) is 24.5 Å². The van der Waals surface area contributed by atoms with E-state index < -0.39 is 17.7 Å². The van der Waals surface area contributed by atoms with Crippen LogP contribution in [0.3, 0.4) is 0 Å². The molecule has 0 saturated carbocycles. The smallest absolute Gasteiger partial charge is 0.292 e. The standard InChI is InChI=1S/C10H11N3O3/c1-7(14)12-9(15)6-13-4-2-8(3-5-13)10(11)16/h2-5H,6H2,1H3,(H2-,11,12,14,15,16)/p+1. The molecule has 0 aromatic carbocycles. The first-order valence-corrected chi connectivity index (χ1v) is 4.58. The van der Waals surface area contributed by atoms with Crippen LogP contribution in [0.2, 0.25) is 0 Å². The third kappa shape index (κ3) is 3.49. The minimum absolute atomic E-state index is 0.0125. The molecule has 1 heterocycles. The van der Waals surface area contributed by atoms with Crippen molar-refractivity contribution in [3.63, 3.8) is 0 Å². The third-order valence-corrected chi connectivity index (χ3v) is 1.82. The van der Waals surface area contributed by atoms with Gasteiger partial charge in [0.1, 0.15) is 0 Å². The molecule has 0 radical (unpaired) electrons. The fourth-order valence-corrected chi connectivity index (χ4v) is 1.13. The Kier molecular flexibility index (Phi) is 3.71. The molecule has 0 fully saturated rings. The zero-order valence-electron chi connectivity index (χ0n) is 8.77. The molecule has 0 atom stereocenters. The zero-order valence-corrected chi connectivity index (χ0v) is 8.77. The molecule has 84 valence electrons. The first-order chi connectivity index (χ1) is 7.49. The molecule has 3 amide bonds. The molecule has 6 heteroatoms. The number of carbonyl (C=O) groups excluding carboxylic acids is 3. The highest BCUT2D eigenvalue weighted by Gasteiger charge is 2.11. The van der Waals surface area contributed by atoms with Crippen LogP contribution in [0.1, 0.15) is 17.3 Å². The van der Waals surface area contributed by atoms with E-state index >= 15 is 0 Å². The number of pyridine rings is 1. The molecule has 3 N–H and O–H groups in total. The molecule has 0 aliphatic heterocycles.